The van der Waals surface area contributed by atoms with E-state index in [-0.39, 0.29) is 0 Å². The van der Waals surface area contributed by atoms with E-state index in [1.54, 1.807) is 0 Å². The van der Waals surface area contributed by atoms with Crippen molar-refractivity contribution in [2.24, 2.45) is 11.8 Å². The average Bonchev–Trinajstić information content (AvgIpc) is 2.46. The number of rotatable bonds is 2. The molecule has 0 aliphatic heterocycles. The molecule has 2 rings (SSSR count). The third-order valence-corrected chi connectivity index (χ3v) is 3.18. The first-order valence-electron chi connectivity index (χ1n) is 5.73. The molecule has 78 valence electrons. The highest BCUT2D eigenvalue weighted by atomic mass is 14.2. The molecule has 0 amide bonds. The molecule has 0 spiro atoms. The molecule has 0 radical (unpaired) electrons. The van der Waals surface area contributed by atoms with Crippen molar-refractivity contribution < 1.29 is 0 Å². The van der Waals surface area contributed by atoms with Crippen LogP contribution in [0.4, 0.5) is 0 Å². The van der Waals surface area contributed by atoms with Crippen LogP contribution in [0.15, 0.2) is 54.6 Å². The smallest absolute Gasteiger partial charge is 0.0224 e. The van der Waals surface area contributed by atoms with Crippen molar-refractivity contribution in [1.82, 2.24) is 0 Å². The lowest BCUT2D eigenvalue weighted by Crippen LogP contribution is -2.11. The summed E-state index contributed by atoms with van der Waals surface area (Å²) in [5, 5.41) is 0. The van der Waals surface area contributed by atoms with Crippen LogP contribution < -0.4 is 0 Å². The zero-order valence-electron chi connectivity index (χ0n) is 9.27. The largest absolute Gasteiger partial charge is 0.0842 e. The maximum absolute atomic E-state index is 2.32. The molecule has 0 bridgehead atoms. The van der Waals surface area contributed by atoms with E-state index in [1.807, 2.05) is 0 Å². The average molecular weight is 198 g/mol. The van der Waals surface area contributed by atoms with Gasteiger partial charge < -0.3 is 0 Å². The SMILES string of the molecule is CC1C=CC=CCC1Cc1ccccc1. The van der Waals surface area contributed by atoms with E-state index in [2.05, 4.69) is 61.6 Å². The molecule has 0 nitrogen and oxygen atoms in total. The van der Waals surface area contributed by atoms with Gasteiger partial charge >= 0.3 is 0 Å². The Bertz CT molecular complexity index is 346. The molecule has 2 unspecified atom stereocenters. The van der Waals surface area contributed by atoms with Gasteiger partial charge in [0.2, 0.25) is 0 Å². The fraction of sp³-hybridized carbons (Fsp3) is 0.333. The van der Waals surface area contributed by atoms with Crippen molar-refractivity contribution >= 4 is 0 Å². The summed E-state index contributed by atoms with van der Waals surface area (Å²) in [7, 11) is 0. The third-order valence-electron chi connectivity index (χ3n) is 3.18. The van der Waals surface area contributed by atoms with Gasteiger partial charge in [-0.3, -0.25) is 0 Å². The maximum atomic E-state index is 2.32. The van der Waals surface area contributed by atoms with Gasteiger partial charge in [-0.25, -0.2) is 0 Å². The van der Waals surface area contributed by atoms with E-state index in [9.17, 15) is 0 Å². The van der Waals surface area contributed by atoms with E-state index in [1.165, 1.54) is 18.4 Å². The molecule has 2 atom stereocenters. The van der Waals surface area contributed by atoms with Crippen LogP contribution in [0.25, 0.3) is 0 Å². The third kappa shape index (κ3) is 2.82. The molecule has 0 saturated carbocycles. The Morgan fingerprint density at radius 2 is 1.93 bits per heavy atom. The van der Waals surface area contributed by atoms with Gasteiger partial charge in [0, 0.05) is 0 Å². The van der Waals surface area contributed by atoms with Gasteiger partial charge in [-0.15, -0.1) is 0 Å². The molecule has 1 aliphatic rings. The van der Waals surface area contributed by atoms with E-state index >= 15 is 0 Å². The van der Waals surface area contributed by atoms with Crippen molar-refractivity contribution in [3.63, 3.8) is 0 Å². The second-order valence-electron chi connectivity index (χ2n) is 4.36. The highest BCUT2D eigenvalue weighted by Gasteiger charge is 2.15. The van der Waals surface area contributed by atoms with Gasteiger partial charge in [-0.1, -0.05) is 61.6 Å². The van der Waals surface area contributed by atoms with Crippen LogP contribution in [0.1, 0.15) is 18.9 Å². The quantitative estimate of drug-likeness (QED) is 0.674. The van der Waals surface area contributed by atoms with E-state index in [4.69, 9.17) is 0 Å². The van der Waals surface area contributed by atoms with Crippen molar-refractivity contribution in [3.8, 4) is 0 Å². The zero-order valence-corrected chi connectivity index (χ0v) is 9.27. The van der Waals surface area contributed by atoms with Gasteiger partial charge in [-0.05, 0) is 30.2 Å². The first-order valence-corrected chi connectivity index (χ1v) is 5.73. The molecule has 0 fully saturated rings. The summed E-state index contributed by atoms with van der Waals surface area (Å²) in [6, 6.07) is 10.8. The fourth-order valence-corrected chi connectivity index (χ4v) is 2.13. The lowest BCUT2D eigenvalue weighted by Gasteiger charge is -2.19. The molecule has 1 aliphatic carbocycles. The lowest BCUT2D eigenvalue weighted by atomic mass is 9.86. The van der Waals surface area contributed by atoms with Crippen molar-refractivity contribution in [1.29, 1.82) is 0 Å². The molecule has 15 heavy (non-hydrogen) atoms. The molecule has 1 aromatic rings. The molecule has 0 heteroatoms. The fourth-order valence-electron chi connectivity index (χ4n) is 2.13. The van der Waals surface area contributed by atoms with Crippen LogP contribution in [-0.4, -0.2) is 0 Å². The molecule has 0 N–H and O–H groups in total. The van der Waals surface area contributed by atoms with Gasteiger partial charge in [0.1, 0.15) is 0 Å². The van der Waals surface area contributed by atoms with E-state index in [0.717, 1.165) is 5.92 Å². The summed E-state index contributed by atoms with van der Waals surface area (Å²) in [6.07, 6.45) is 11.3. The predicted molar refractivity (Wildman–Crippen MR) is 65.7 cm³/mol. The summed E-state index contributed by atoms with van der Waals surface area (Å²) in [4.78, 5) is 0. The summed E-state index contributed by atoms with van der Waals surface area (Å²) >= 11 is 0. The summed E-state index contributed by atoms with van der Waals surface area (Å²) in [5.74, 6) is 1.43. The molecule has 1 aromatic carbocycles. The maximum Gasteiger partial charge on any atom is -0.0224 e. The van der Waals surface area contributed by atoms with Crippen molar-refractivity contribution in [2.75, 3.05) is 0 Å². The topological polar surface area (TPSA) is 0 Å². The molecule has 0 heterocycles. The first-order chi connectivity index (χ1) is 7.36. The minimum atomic E-state index is 0.681. The van der Waals surface area contributed by atoms with Crippen LogP contribution in [0, 0.1) is 11.8 Å². The molecular weight excluding hydrogens is 180 g/mol. The molecule has 0 aromatic heterocycles. The number of hydrogen-bond acceptors (Lipinski definition) is 0. The van der Waals surface area contributed by atoms with Crippen LogP contribution in [0.5, 0.6) is 0 Å². The summed E-state index contributed by atoms with van der Waals surface area (Å²) in [5.41, 5.74) is 1.46. The predicted octanol–water partition coefficient (Wildman–Crippen LogP) is 4.00. The Balaban J connectivity index is 2.05. The van der Waals surface area contributed by atoms with Crippen LogP contribution in [0.2, 0.25) is 0 Å². The Kier molecular flexibility index (Phi) is 3.39. The van der Waals surface area contributed by atoms with Gasteiger partial charge in [0.05, 0.1) is 0 Å². The van der Waals surface area contributed by atoms with E-state index < -0.39 is 0 Å². The van der Waals surface area contributed by atoms with Crippen LogP contribution in [0.3, 0.4) is 0 Å². The Morgan fingerprint density at radius 3 is 2.73 bits per heavy atom. The second-order valence-corrected chi connectivity index (χ2v) is 4.36. The lowest BCUT2D eigenvalue weighted by molar-refractivity contribution is 0.425. The Morgan fingerprint density at radius 1 is 1.13 bits per heavy atom. The first kappa shape index (κ1) is 10.2. The van der Waals surface area contributed by atoms with Crippen molar-refractivity contribution in [2.45, 2.75) is 19.8 Å². The van der Waals surface area contributed by atoms with Crippen LogP contribution in [-0.2, 0) is 6.42 Å². The van der Waals surface area contributed by atoms with Gasteiger partial charge in [0.25, 0.3) is 0 Å². The van der Waals surface area contributed by atoms with Gasteiger partial charge in [-0.2, -0.15) is 0 Å². The van der Waals surface area contributed by atoms with E-state index in [0.29, 0.717) is 5.92 Å². The molecule has 0 saturated heterocycles. The normalized spacial score (nSPS) is 25.1. The van der Waals surface area contributed by atoms with Crippen LogP contribution >= 0.6 is 0 Å². The monoisotopic (exact) mass is 198 g/mol. The minimum absolute atomic E-state index is 0.681. The van der Waals surface area contributed by atoms with Gasteiger partial charge in [0.15, 0.2) is 0 Å². The highest BCUT2D eigenvalue weighted by Crippen LogP contribution is 2.24. The number of allylic oxidation sites excluding steroid dienone is 4. The number of benzene rings is 1. The number of hydrogen-bond donors (Lipinski definition) is 0. The minimum Gasteiger partial charge on any atom is -0.0842 e. The zero-order chi connectivity index (χ0) is 10.5. The standard InChI is InChI=1S/C15H18/c1-13-8-4-2-7-11-15(13)12-14-9-5-3-6-10-14/h2-10,13,15H,11-12H2,1H3. The Hall–Kier alpha value is -1.30. The van der Waals surface area contributed by atoms with Crippen molar-refractivity contribution in [3.05, 3.63) is 60.2 Å². The summed E-state index contributed by atoms with van der Waals surface area (Å²) < 4.78 is 0. The second kappa shape index (κ2) is 4.97. The molecular formula is C15H18. The summed E-state index contributed by atoms with van der Waals surface area (Å²) in [6.45, 7) is 2.32. The Labute approximate surface area is 92.3 Å². The highest BCUT2D eigenvalue weighted by molar-refractivity contribution is 5.17.